The first-order valence-electron chi connectivity index (χ1n) is 12.9. The van der Waals surface area contributed by atoms with Gasteiger partial charge in [-0.05, 0) is 52.5 Å². The SMILES string of the molecule is CCOC(=O)[C@@H]1[C@H]2CN(C34CC(COCc5ccccc5)(C3)C4)C(=O)N2CCN1C(=O)OC(C)(C)C. The summed E-state index contributed by atoms with van der Waals surface area (Å²) in [5, 5.41) is 0. The second kappa shape index (κ2) is 8.94. The highest BCUT2D eigenvalue weighted by Gasteiger charge is 2.73. The molecule has 0 unspecified atom stereocenters. The number of ether oxygens (including phenoxy) is 3. The van der Waals surface area contributed by atoms with Crippen molar-refractivity contribution in [2.45, 2.75) is 76.8 Å². The van der Waals surface area contributed by atoms with Gasteiger partial charge in [0.15, 0.2) is 6.04 Å². The highest BCUT2D eigenvalue weighted by atomic mass is 16.6. The Morgan fingerprint density at radius 2 is 1.78 bits per heavy atom. The van der Waals surface area contributed by atoms with Gasteiger partial charge >= 0.3 is 18.1 Å². The highest BCUT2D eigenvalue weighted by Crippen LogP contribution is 2.70. The topological polar surface area (TPSA) is 88.6 Å². The lowest BCUT2D eigenvalue weighted by atomic mass is 9.39. The van der Waals surface area contributed by atoms with Crippen LogP contribution in [-0.2, 0) is 25.6 Å². The van der Waals surface area contributed by atoms with E-state index in [1.54, 1.807) is 32.6 Å². The number of piperazine rings is 1. The Balaban J connectivity index is 1.24. The molecule has 0 radical (unpaired) electrons. The van der Waals surface area contributed by atoms with Crippen LogP contribution in [0, 0.1) is 5.41 Å². The van der Waals surface area contributed by atoms with E-state index < -0.39 is 29.7 Å². The molecule has 3 amide bonds. The van der Waals surface area contributed by atoms with Crippen LogP contribution in [0.25, 0.3) is 0 Å². The summed E-state index contributed by atoms with van der Waals surface area (Å²) in [4.78, 5) is 44.6. The Kier molecular flexibility index (Phi) is 6.17. The molecule has 6 rings (SSSR count). The molecule has 2 atom stereocenters. The van der Waals surface area contributed by atoms with E-state index in [1.165, 1.54) is 4.90 Å². The van der Waals surface area contributed by atoms with E-state index in [4.69, 9.17) is 14.2 Å². The fourth-order valence-electron chi connectivity index (χ4n) is 6.53. The molecule has 0 aromatic heterocycles. The van der Waals surface area contributed by atoms with Crippen LogP contribution in [0.2, 0.25) is 0 Å². The van der Waals surface area contributed by atoms with E-state index in [0.29, 0.717) is 26.3 Å². The molecule has 2 heterocycles. The monoisotopic (exact) mass is 499 g/mol. The van der Waals surface area contributed by atoms with Crippen molar-refractivity contribution in [2.75, 3.05) is 32.8 Å². The number of nitrogens with zero attached hydrogens (tertiary/aromatic N) is 3. The minimum absolute atomic E-state index is 0.0448. The predicted molar refractivity (Wildman–Crippen MR) is 131 cm³/mol. The summed E-state index contributed by atoms with van der Waals surface area (Å²) in [6.07, 6.45) is 2.20. The molecule has 1 aromatic rings. The average molecular weight is 500 g/mol. The zero-order valence-electron chi connectivity index (χ0n) is 21.7. The summed E-state index contributed by atoms with van der Waals surface area (Å²) in [6.45, 7) is 9.63. The Hall–Kier alpha value is -2.81. The van der Waals surface area contributed by atoms with E-state index in [9.17, 15) is 14.4 Å². The van der Waals surface area contributed by atoms with Gasteiger partial charge in [0.05, 0.1) is 25.9 Å². The zero-order valence-corrected chi connectivity index (χ0v) is 21.7. The third-order valence-electron chi connectivity index (χ3n) is 7.89. The van der Waals surface area contributed by atoms with Crippen molar-refractivity contribution < 1.29 is 28.6 Å². The maximum absolute atomic E-state index is 13.5. The summed E-state index contributed by atoms with van der Waals surface area (Å²) in [5.74, 6) is -0.490. The third kappa shape index (κ3) is 4.31. The number of hydrogen-bond acceptors (Lipinski definition) is 6. The van der Waals surface area contributed by atoms with Gasteiger partial charge in [0, 0.05) is 30.6 Å². The first-order chi connectivity index (χ1) is 17.1. The first kappa shape index (κ1) is 24.9. The minimum Gasteiger partial charge on any atom is -0.464 e. The summed E-state index contributed by atoms with van der Waals surface area (Å²) < 4.78 is 16.9. The van der Waals surface area contributed by atoms with Gasteiger partial charge in [0.1, 0.15) is 5.60 Å². The molecular formula is C27H37N3O6. The van der Waals surface area contributed by atoms with Crippen LogP contribution in [0.3, 0.4) is 0 Å². The van der Waals surface area contributed by atoms with E-state index in [-0.39, 0.29) is 30.1 Å². The third-order valence-corrected chi connectivity index (χ3v) is 7.89. The molecule has 2 saturated heterocycles. The maximum Gasteiger partial charge on any atom is 0.411 e. The average Bonchev–Trinajstić information content (AvgIpc) is 3.10. The van der Waals surface area contributed by atoms with Gasteiger partial charge in [0.25, 0.3) is 0 Å². The van der Waals surface area contributed by atoms with Crippen molar-refractivity contribution in [1.29, 1.82) is 0 Å². The number of carbonyl (C=O) groups is 3. The van der Waals surface area contributed by atoms with Crippen LogP contribution in [0.5, 0.6) is 0 Å². The molecular weight excluding hydrogens is 462 g/mol. The van der Waals surface area contributed by atoms with Gasteiger partial charge in [-0.1, -0.05) is 30.3 Å². The molecule has 5 aliphatic rings. The molecule has 2 aliphatic heterocycles. The normalized spacial score (nSPS) is 30.9. The molecule has 3 aliphatic carbocycles. The smallest absolute Gasteiger partial charge is 0.411 e. The minimum atomic E-state index is -0.877. The van der Waals surface area contributed by atoms with Gasteiger partial charge in [-0.2, -0.15) is 0 Å². The van der Waals surface area contributed by atoms with Crippen LogP contribution in [-0.4, -0.2) is 88.9 Å². The Morgan fingerprint density at radius 3 is 2.42 bits per heavy atom. The lowest BCUT2D eigenvalue weighted by Crippen LogP contribution is -2.76. The molecule has 5 fully saturated rings. The van der Waals surface area contributed by atoms with Crippen molar-refractivity contribution in [3.8, 4) is 0 Å². The molecule has 1 aromatic carbocycles. The van der Waals surface area contributed by atoms with E-state index >= 15 is 0 Å². The quantitative estimate of drug-likeness (QED) is 0.534. The van der Waals surface area contributed by atoms with Crippen LogP contribution >= 0.6 is 0 Å². The van der Waals surface area contributed by atoms with Gasteiger partial charge in [0.2, 0.25) is 0 Å². The van der Waals surface area contributed by atoms with Crippen molar-refractivity contribution in [3.63, 3.8) is 0 Å². The molecule has 36 heavy (non-hydrogen) atoms. The maximum atomic E-state index is 13.5. The van der Waals surface area contributed by atoms with Crippen LogP contribution in [0.4, 0.5) is 9.59 Å². The number of urea groups is 1. The van der Waals surface area contributed by atoms with E-state index in [2.05, 4.69) is 12.1 Å². The Bertz CT molecular complexity index is 1000. The van der Waals surface area contributed by atoms with Gasteiger partial charge in [-0.15, -0.1) is 0 Å². The summed E-state index contributed by atoms with van der Waals surface area (Å²) in [7, 11) is 0. The second-order valence-corrected chi connectivity index (χ2v) is 11.8. The largest absolute Gasteiger partial charge is 0.464 e. The number of fused-ring (bicyclic) bond motifs is 1. The highest BCUT2D eigenvalue weighted by molar-refractivity contribution is 5.87. The number of esters is 1. The number of rotatable bonds is 7. The van der Waals surface area contributed by atoms with Crippen molar-refractivity contribution in [3.05, 3.63) is 35.9 Å². The summed E-state index contributed by atoms with van der Waals surface area (Å²) in [5.41, 5.74) is 0.445. The predicted octanol–water partition coefficient (Wildman–Crippen LogP) is 3.41. The van der Waals surface area contributed by atoms with Gasteiger partial charge in [-0.25, -0.2) is 14.4 Å². The number of hydrogen-bond donors (Lipinski definition) is 0. The van der Waals surface area contributed by atoms with Gasteiger partial charge < -0.3 is 24.0 Å². The Labute approximate surface area is 212 Å². The molecule has 9 heteroatoms. The van der Waals surface area contributed by atoms with Crippen LogP contribution in [0.1, 0.15) is 52.5 Å². The van der Waals surface area contributed by atoms with Crippen molar-refractivity contribution >= 4 is 18.1 Å². The number of benzene rings is 1. The molecule has 0 spiro atoms. The number of amides is 3. The van der Waals surface area contributed by atoms with Crippen molar-refractivity contribution in [1.82, 2.24) is 14.7 Å². The number of carbonyl (C=O) groups excluding carboxylic acids is 3. The fraction of sp³-hybridized carbons (Fsp3) is 0.667. The van der Waals surface area contributed by atoms with Crippen molar-refractivity contribution in [2.24, 2.45) is 5.41 Å². The van der Waals surface area contributed by atoms with E-state index in [1.807, 2.05) is 23.1 Å². The van der Waals surface area contributed by atoms with Crippen LogP contribution in [0.15, 0.2) is 30.3 Å². The fourth-order valence-corrected chi connectivity index (χ4v) is 6.53. The zero-order chi connectivity index (χ0) is 25.7. The second-order valence-electron chi connectivity index (χ2n) is 11.8. The molecule has 196 valence electrons. The first-order valence-corrected chi connectivity index (χ1v) is 12.9. The summed E-state index contributed by atoms with van der Waals surface area (Å²) >= 11 is 0. The molecule has 9 nitrogen and oxygen atoms in total. The standard InChI is InChI=1S/C27H37N3O6/c1-5-35-22(31)21-20-13-30(23(32)28(20)11-12-29(21)24(33)36-25(2,3)4)27-15-26(16-27,17-27)18-34-14-19-9-7-6-8-10-19/h6-10,20-21H,5,11-18H2,1-4H3/t20-,21+,26?,27?/m1/s1. The van der Waals surface area contributed by atoms with Gasteiger partial charge in [-0.3, -0.25) is 4.90 Å². The lowest BCUT2D eigenvalue weighted by Gasteiger charge is -2.73. The molecule has 3 saturated carbocycles. The molecule has 0 N–H and O–H groups in total. The molecule has 2 bridgehead atoms. The van der Waals surface area contributed by atoms with Crippen LogP contribution < -0.4 is 0 Å². The van der Waals surface area contributed by atoms with E-state index in [0.717, 1.165) is 24.8 Å². The Morgan fingerprint density at radius 1 is 1.08 bits per heavy atom. The lowest BCUT2D eigenvalue weighted by molar-refractivity contribution is -0.227. The summed E-state index contributed by atoms with van der Waals surface area (Å²) in [6, 6.07) is 8.76.